The van der Waals surface area contributed by atoms with Gasteiger partial charge in [-0.25, -0.2) is 8.42 Å². The molecule has 0 spiro atoms. The standard InChI is InChI=1S/C15H25N3O2S/c1-11(2)18-7-6-12(10-18)9-17-15-5-4-13(8-14(15)16)21(3,19)20/h4-5,8,11-12,17H,6-7,9-10,16H2,1-3H3. The van der Waals surface area contributed by atoms with Crippen LogP contribution in [0.25, 0.3) is 0 Å². The van der Waals surface area contributed by atoms with Crippen LogP contribution >= 0.6 is 0 Å². The van der Waals surface area contributed by atoms with Crippen molar-refractivity contribution in [2.24, 2.45) is 5.92 Å². The van der Waals surface area contributed by atoms with Crippen molar-refractivity contribution < 1.29 is 8.42 Å². The predicted octanol–water partition coefficient (Wildman–Crippen LogP) is 1.81. The molecule has 3 N–H and O–H groups in total. The minimum Gasteiger partial charge on any atom is -0.397 e. The third-order valence-electron chi connectivity index (χ3n) is 4.08. The topological polar surface area (TPSA) is 75.4 Å². The highest BCUT2D eigenvalue weighted by Crippen LogP contribution is 2.24. The summed E-state index contributed by atoms with van der Waals surface area (Å²) in [5.74, 6) is 0.612. The van der Waals surface area contributed by atoms with Gasteiger partial charge in [-0.15, -0.1) is 0 Å². The van der Waals surface area contributed by atoms with Crippen LogP contribution in [0, 0.1) is 5.92 Å². The van der Waals surface area contributed by atoms with Gasteiger partial charge in [0, 0.05) is 25.4 Å². The molecule has 0 radical (unpaired) electrons. The number of nitrogens with zero attached hydrogens (tertiary/aromatic N) is 1. The zero-order chi connectivity index (χ0) is 15.6. The van der Waals surface area contributed by atoms with Crippen molar-refractivity contribution in [3.63, 3.8) is 0 Å². The number of nitrogens with one attached hydrogen (secondary N) is 1. The number of benzene rings is 1. The van der Waals surface area contributed by atoms with Crippen molar-refractivity contribution in [3.05, 3.63) is 18.2 Å². The van der Waals surface area contributed by atoms with Crippen molar-refractivity contribution in [1.29, 1.82) is 0 Å². The number of hydrogen-bond acceptors (Lipinski definition) is 5. The van der Waals surface area contributed by atoms with Gasteiger partial charge in [0.15, 0.2) is 9.84 Å². The molecule has 2 rings (SSSR count). The molecule has 1 aromatic rings. The monoisotopic (exact) mass is 311 g/mol. The molecular weight excluding hydrogens is 286 g/mol. The van der Waals surface area contributed by atoms with Gasteiger partial charge < -0.3 is 16.0 Å². The van der Waals surface area contributed by atoms with Crippen LogP contribution in [0.3, 0.4) is 0 Å². The third-order valence-corrected chi connectivity index (χ3v) is 5.19. The summed E-state index contributed by atoms with van der Waals surface area (Å²) in [5, 5.41) is 3.35. The van der Waals surface area contributed by atoms with Crippen LogP contribution in [0.2, 0.25) is 0 Å². The van der Waals surface area contributed by atoms with Crippen LogP contribution < -0.4 is 11.1 Å². The minimum absolute atomic E-state index is 0.261. The van der Waals surface area contributed by atoms with E-state index < -0.39 is 9.84 Å². The van der Waals surface area contributed by atoms with E-state index in [0.29, 0.717) is 17.6 Å². The zero-order valence-electron chi connectivity index (χ0n) is 13.0. The Labute approximate surface area is 127 Å². The van der Waals surface area contributed by atoms with Gasteiger partial charge >= 0.3 is 0 Å². The maximum absolute atomic E-state index is 11.5. The fourth-order valence-corrected chi connectivity index (χ4v) is 3.34. The number of hydrogen-bond donors (Lipinski definition) is 2. The number of nitrogen functional groups attached to an aromatic ring is 1. The second-order valence-electron chi connectivity index (χ2n) is 6.15. The summed E-state index contributed by atoms with van der Waals surface area (Å²) in [5.41, 5.74) is 7.23. The molecule has 1 aliphatic rings. The van der Waals surface area contributed by atoms with E-state index in [1.54, 1.807) is 12.1 Å². The largest absolute Gasteiger partial charge is 0.397 e. The lowest BCUT2D eigenvalue weighted by molar-refractivity contribution is 0.266. The summed E-state index contributed by atoms with van der Waals surface area (Å²) in [4.78, 5) is 2.74. The average molecular weight is 311 g/mol. The van der Waals surface area contributed by atoms with Gasteiger partial charge in [-0.2, -0.15) is 0 Å². The Morgan fingerprint density at radius 2 is 2.14 bits per heavy atom. The van der Waals surface area contributed by atoms with E-state index in [0.717, 1.165) is 25.3 Å². The minimum atomic E-state index is -3.20. The zero-order valence-corrected chi connectivity index (χ0v) is 13.8. The van der Waals surface area contributed by atoms with E-state index in [4.69, 9.17) is 5.73 Å². The fourth-order valence-electron chi connectivity index (χ4n) is 2.68. The van der Waals surface area contributed by atoms with E-state index in [-0.39, 0.29) is 4.90 Å². The molecule has 1 saturated heterocycles. The van der Waals surface area contributed by atoms with E-state index in [1.165, 1.54) is 18.7 Å². The van der Waals surface area contributed by atoms with E-state index in [1.807, 2.05) is 0 Å². The molecule has 0 aromatic heterocycles. The van der Waals surface area contributed by atoms with Gasteiger partial charge in [-0.3, -0.25) is 0 Å². The lowest BCUT2D eigenvalue weighted by Crippen LogP contribution is -2.29. The molecule has 1 unspecified atom stereocenters. The third kappa shape index (κ3) is 4.11. The summed E-state index contributed by atoms with van der Waals surface area (Å²) in [7, 11) is -3.20. The van der Waals surface area contributed by atoms with Crippen LogP contribution in [0.5, 0.6) is 0 Å². The fraction of sp³-hybridized carbons (Fsp3) is 0.600. The lowest BCUT2D eigenvalue weighted by Gasteiger charge is -2.20. The summed E-state index contributed by atoms with van der Waals surface area (Å²) in [6.45, 7) is 7.56. The average Bonchev–Trinajstić information content (AvgIpc) is 2.85. The molecule has 0 amide bonds. The highest BCUT2D eigenvalue weighted by Gasteiger charge is 2.24. The number of anilines is 2. The molecule has 1 aliphatic heterocycles. The van der Waals surface area contributed by atoms with E-state index in [9.17, 15) is 8.42 Å². The molecule has 6 heteroatoms. The first-order valence-electron chi connectivity index (χ1n) is 7.35. The highest BCUT2D eigenvalue weighted by molar-refractivity contribution is 7.90. The normalized spacial score (nSPS) is 20.1. The van der Waals surface area contributed by atoms with Crippen molar-refractivity contribution >= 4 is 21.2 Å². The van der Waals surface area contributed by atoms with E-state index in [2.05, 4.69) is 24.1 Å². The molecule has 0 bridgehead atoms. The van der Waals surface area contributed by atoms with Crippen LogP contribution in [0.1, 0.15) is 20.3 Å². The number of nitrogens with two attached hydrogens (primary N) is 1. The van der Waals surface area contributed by atoms with Crippen molar-refractivity contribution in [2.45, 2.75) is 31.2 Å². The van der Waals surface area contributed by atoms with Gasteiger partial charge in [0.2, 0.25) is 0 Å². The van der Waals surface area contributed by atoms with Crippen molar-refractivity contribution in [2.75, 3.05) is 36.9 Å². The molecule has 1 aromatic carbocycles. The first kappa shape index (κ1) is 16.1. The highest BCUT2D eigenvalue weighted by atomic mass is 32.2. The van der Waals surface area contributed by atoms with Gasteiger partial charge in [0.25, 0.3) is 0 Å². The van der Waals surface area contributed by atoms with E-state index >= 15 is 0 Å². The maximum atomic E-state index is 11.5. The second-order valence-corrected chi connectivity index (χ2v) is 8.16. The Morgan fingerprint density at radius 3 is 2.67 bits per heavy atom. The Kier molecular flexibility index (Phi) is 4.78. The smallest absolute Gasteiger partial charge is 0.175 e. The quantitative estimate of drug-likeness (QED) is 0.811. The molecule has 5 nitrogen and oxygen atoms in total. The van der Waals surface area contributed by atoms with Gasteiger partial charge in [-0.1, -0.05) is 0 Å². The van der Waals surface area contributed by atoms with Crippen molar-refractivity contribution in [1.82, 2.24) is 4.90 Å². The number of rotatable bonds is 5. The summed E-state index contributed by atoms with van der Waals surface area (Å²) >= 11 is 0. The summed E-state index contributed by atoms with van der Waals surface area (Å²) < 4.78 is 23.0. The van der Waals surface area contributed by atoms with Gasteiger partial charge in [0.1, 0.15) is 0 Å². The van der Waals surface area contributed by atoms with Crippen LogP contribution in [0.15, 0.2) is 23.1 Å². The molecule has 21 heavy (non-hydrogen) atoms. The second kappa shape index (κ2) is 6.23. The molecule has 0 aliphatic carbocycles. The van der Waals surface area contributed by atoms with Crippen LogP contribution in [0.4, 0.5) is 11.4 Å². The molecular formula is C15H25N3O2S. The summed E-state index contributed by atoms with van der Waals surface area (Å²) in [6.07, 6.45) is 2.38. The molecule has 1 heterocycles. The first-order valence-corrected chi connectivity index (χ1v) is 9.24. The number of sulfone groups is 1. The van der Waals surface area contributed by atoms with Crippen LogP contribution in [-0.2, 0) is 9.84 Å². The predicted molar refractivity (Wildman–Crippen MR) is 87.3 cm³/mol. The van der Waals surface area contributed by atoms with Crippen molar-refractivity contribution in [3.8, 4) is 0 Å². The SMILES string of the molecule is CC(C)N1CCC(CNc2ccc(S(C)(=O)=O)cc2N)C1. The Bertz CT molecular complexity index is 599. The van der Waals surface area contributed by atoms with Gasteiger partial charge in [-0.05, 0) is 50.9 Å². The Hall–Kier alpha value is -1.27. The van der Waals surface area contributed by atoms with Gasteiger partial charge in [0.05, 0.1) is 16.3 Å². The maximum Gasteiger partial charge on any atom is 0.175 e. The molecule has 0 saturated carbocycles. The van der Waals surface area contributed by atoms with Crippen LogP contribution in [-0.4, -0.2) is 45.2 Å². The lowest BCUT2D eigenvalue weighted by atomic mass is 10.1. The molecule has 1 atom stereocenters. The molecule has 118 valence electrons. The number of likely N-dealkylation sites (tertiary alicyclic amines) is 1. The Balaban J connectivity index is 1.96. The summed E-state index contributed by atoms with van der Waals surface area (Å²) in [6, 6.07) is 5.46. The first-order chi connectivity index (χ1) is 9.77. The molecule has 1 fully saturated rings. The Morgan fingerprint density at radius 1 is 1.43 bits per heavy atom.